The van der Waals surface area contributed by atoms with Gasteiger partial charge in [0.25, 0.3) is 0 Å². The van der Waals surface area contributed by atoms with Gasteiger partial charge in [0.1, 0.15) is 0 Å². The van der Waals surface area contributed by atoms with Crippen molar-refractivity contribution in [1.82, 2.24) is 4.90 Å². The molecule has 2 heterocycles. The van der Waals surface area contributed by atoms with Crippen molar-refractivity contribution in [3.05, 3.63) is 66.2 Å². The molecular formula is C27H36ClN3O. The van der Waals surface area contributed by atoms with E-state index in [0.29, 0.717) is 0 Å². The molecule has 172 valence electrons. The Bertz CT molecular complexity index is 886. The zero-order valence-electron chi connectivity index (χ0n) is 19.3. The lowest BCUT2D eigenvalue weighted by Crippen LogP contribution is -2.57. The molecule has 4 nitrogen and oxygen atoms in total. The molecule has 0 aromatic heterocycles. The Hall–Kier alpha value is -2.04. The number of para-hydroxylation sites is 1. The number of halogens is 1. The topological polar surface area (TPSA) is 28.1 Å². The van der Waals surface area contributed by atoms with Gasteiger partial charge in [-0.25, -0.2) is 0 Å². The van der Waals surface area contributed by atoms with Crippen molar-refractivity contribution >= 4 is 23.9 Å². The Kier molecular flexibility index (Phi) is 7.11. The van der Waals surface area contributed by atoms with Crippen LogP contribution in [0.2, 0.25) is 0 Å². The lowest BCUT2D eigenvalue weighted by molar-refractivity contribution is -0.0695. The largest absolute Gasteiger partial charge is 0.365 e. The van der Waals surface area contributed by atoms with Crippen LogP contribution in [0, 0.1) is 11.8 Å². The summed E-state index contributed by atoms with van der Waals surface area (Å²) in [5.74, 6) is 2.67. The Morgan fingerprint density at radius 1 is 0.875 bits per heavy atom. The van der Waals surface area contributed by atoms with Crippen LogP contribution in [0.25, 0.3) is 0 Å². The van der Waals surface area contributed by atoms with Gasteiger partial charge in [-0.2, -0.15) is 0 Å². The van der Waals surface area contributed by atoms with E-state index in [-0.39, 0.29) is 18.1 Å². The highest BCUT2D eigenvalue weighted by molar-refractivity contribution is 6.11. The van der Waals surface area contributed by atoms with Crippen LogP contribution in [0.5, 0.6) is 0 Å². The molecule has 3 aliphatic rings. The number of likely N-dealkylation sites (tertiary alicyclic amines) is 1. The third-order valence-electron chi connectivity index (χ3n) is 7.75. The third kappa shape index (κ3) is 4.40. The summed E-state index contributed by atoms with van der Waals surface area (Å²) < 4.78 is 0. The number of anilines is 1. The van der Waals surface area contributed by atoms with E-state index in [4.69, 9.17) is 4.84 Å². The molecule has 2 aliphatic heterocycles. The van der Waals surface area contributed by atoms with Crippen molar-refractivity contribution in [2.75, 3.05) is 18.0 Å². The second kappa shape index (κ2) is 9.84. The molecule has 1 spiro atoms. The summed E-state index contributed by atoms with van der Waals surface area (Å²) in [7, 11) is 0. The van der Waals surface area contributed by atoms with Crippen molar-refractivity contribution in [3.63, 3.8) is 0 Å². The summed E-state index contributed by atoms with van der Waals surface area (Å²) in [4.78, 5) is 11.4. The van der Waals surface area contributed by atoms with E-state index in [1.165, 1.54) is 25.7 Å². The van der Waals surface area contributed by atoms with Crippen LogP contribution in [-0.2, 0) is 4.84 Å². The zero-order valence-corrected chi connectivity index (χ0v) is 20.1. The fourth-order valence-corrected chi connectivity index (χ4v) is 5.79. The highest BCUT2D eigenvalue weighted by atomic mass is 35.5. The maximum Gasteiger partial charge on any atom is 0.218 e. The van der Waals surface area contributed by atoms with Crippen LogP contribution in [0.4, 0.5) is 5.69 Å². The minimum Gasteiger partial charge on any atom is -0.365 e. The molecule has 5 rings (SSSR count). The minimum absolute atomic E-state index is 0. The van der Waals surface area contributed by atoms with Gasteiger partial charge in [0.2, 0.25) is 5.72 Å². The lowest BCUT2D eigenvalue weighted by Gasteiger charge is -2.46. The summed E-state index contributed by atoms with van der Waals surface area (Å²) in [6, 6.07) is 21.8. The Labute approximate surface area is 199 Å². The van der Waals surface area contributed by atoms with Gasteiger partial charge in [-0.1, -0.05) is 67.5 Å². The van der Waals surface area contributed by atoms with Crippen LogP contribution >= 0.6 is 12.4 Å². The third-order valence-corrected chi connectivity index (χ3v) is 7.75. The highest BCUT2D eigenvalue weighted by Gasteiger charge is 2.50. The summed E-state index contributed by atoms with van der Waals surface area (Å²) in [6.45, 7) is 6.93. The fourth-order valence-electron chi connectivity index (χ4n) is 5.79. The summed E-state index contributed by atoms with van der Waals surface area (Å²) in [6.07, 6.45) is 7.43. The van der Waals surface area contributed by atoms with Crippen LogP contribution in [0.1, 0.15) is 57.9 Å². The number of hydrogen-bond acceptors (Lipinski definition) is 4. The number of hydrogen-bond donors (Lipinski definition) is 0. The first-order chi connectivity index (χ1) is 15.2. The van der Waals surface area contributed by atoms with Gasteiger partial charge in [-0.3, -0.25) is 9.80 Å². The zero-order chi connectivity index (χ0) is 21.3. The van der Waals surface area contributed by atoms with Gasteiger partial charge in [-0.15, -0.1) is 12.4 Å². The Morgan fingerprint density at radius 2 is 1.47 bits per heavy atom. The van der Waals surface area contributed by atoms with E-state index >= 15 is 0 Å². The maximum absolute atomic E-state index is 6.29. The van der Waals surface area contributed by atoms with Crippen molar-refractivity contribution in [3.8, 4) is 0 Å². The average molecular weight is 454 g/mol. The molecular weight excluding hydrogens is 418 g/mol. The molecule has 0 bridgehead atoms. The number of nitrogens with zero attached hydrogens (tertiary/aromatic N) is 3. The van der Waals surface area contributed by atoms with E-state index in [1.54, 1.807) is 0 Å². The predicted octanol–water partition coefficient (Wildman–Crippen LogP) is 6.31. The van der Waals surface area contributed by atoms with Gasteiger partial charge in [0.15, 0.2) is 5.84 Å². The van der Waals surface area contributed by atoms with Gasteiger partial charge < -0.3 is 4.84 Å². The second-order valence-corrected chi connectivity index (χ2v) is 9.84. The number of benzene rings is 2. The first kappa shape index (κ1) is 23.1. The molecule has 32 heavy (non-hydrogen) atoms. The van der Waals surface area contributed by atoms with E-state index in [0.717, 1.165) is 60.9 Å². The van der Waals surface area contributed by atoms with Crippen molar-refractivity contribution in [2.24, 2.45) is 17.0 Å². The van der Waals surface area contributed by atoms with Crippen molar-refractivity contribution < 1.29 is 4.84 Å². The molecule has 1 aliphatic carbocycles. The molecule has 1 saturated heterocycles. The first-order valence-corrected chi connectivity index (χ1v) is 12.1. The average Bonchev–Trinajstić information content (AvgIpc) is 3.19. The summed E-state index contributed by atoms with van der Waals surface area (Å²) >= 11 is 0. The minimum atomic E-state index is -0.377. The van der Waals surface area contributed by atoms with Gasteiger partial charge in [-0.05, 0) is 49.7 Å². The second-order valence-electron chi connectivity index (χ2n) is 9.84. The Balaban J connectivity index is 0.00000245. The predicted molar refractivity (Wildman–Crippen MR) is 134 cm³/mol. The number of piperidine rings is 1. The normalized spacial score (nSPS) is 25.3. The molecule has 0 unspecified atom stereocenters. The van der Waals surface area contributed by atoms with Crippen LogP contribution in [0.15, 0.2) is 65.8 Å². The molecule has 0 radical (unpaired) electrons. The molecule has 2 aromatic rings. The first-order valence-electron chi connectivity index (χ1n) is 12.1. The highest BCUT2D eigenvalue weighted by Crippen LogP contribution is 2.41. The standard InChI is InChI=1S/C27H35N3O.ClH/c1-21(2)22-13-15-24(16-14-22)29-19-17-27(18-20-29)30(25-11-7-4-8-12-25)26(28-31-27)23-9-5-3-6-10-23;/h3-12,21-22,24H,13-20H2,1-2H3;1H. The Morgan fingerprint density at radius 3 is 2.06 bits per heavy atom. The molecule has 2 aromatic carbocycles. The van der Waals surface area contributed by atoms with Gasteiger partial charge in [0.05, 0.1) is 0 Å². The van der Waals surface area contributed by atoms with E-state index in [2.05, 4.69) is 89.5 Å². The smallest absolute Gasteiger partial charge is 0.218 e. The van der Waals surface area contributed by atoms with E-state index in [1.807, 2.05) is 0 Å². The molecule has 0 amide bonds. The van der Waals surface area contributed by atoms with Gasteiger partial charge >= 0.3 is 0 Å². The molecule has 2 fully saturated rings. The number of amidine groups is 1. The monoisotopic (exact) mass is 453 g/mol. The molecule has 0 atom stereocenters. The fraction of sp³-hybridized carbons (Fsp3) is 0.519. The molecule has 0 N–H and O–H groups in total. The molecule has 5 heteroatoms. The van der Waals surface area contributed by atoms with E-state index < -0.39 is 0 Å². The maximum atomic E-state index is 6.29. The number of oxime groups is 1. The van der Waals surface area contributed by atoms with E-state index in [9.17, 15) is 0 Å². The van der Waals surface area contributed by atoms with Crippen molar-refractivity contribution in [2.45, 2.75) is 64.1 Å². The SMILES string of the molecule is CC(C)C1CCC(N2CCC3(CC2)ON=C(c2ccccc2)N3c2ccccc2)CC1.Cl. The summed E-state index contributed by atoms with van der Waals surface area (Å²) in [5.41, 5.74) is 1.89. The quantitative estimate of drug-likeness (QED) is 0.542. The van der Waals surface area contributed by atoms with Crippen LogP contribution in [-0.4, -0.2) is 35.6 Å². The van der Waals surface area contributed by atoms with Crippen LogP contribution < -0.4 is 4.90 Å². The summed E-state index contributed by atoms with van der Waals surface area (Å²) in [5, 5.41) is 4.63. The number of rotatable bonds is 4. The van der Waals surface area contributed by atoms with Crippen LogP contribution in [0.3, 0.4) is 0 Å². The van der Waals surface area contributed by atoms with Crippen molar-refractivity contribution in [1.29, 1.82) is 0 Å². The lowest BCUT2D eigenvalue weighted by atomic mass is 9.79. The molecule has 1 saturated carbocycles. The van der Waals surface area contributed by atoms with Gasteiger partial charge in [0, 0.05) is 43.2 Å².